The van der Waals surface area contributed by atoms with Crippen molar-refractivity contribution in [3.05, 3.63) is 24.0 Å². The summed E-state index contributed by atoms with van der Waals surface area (Å²) in [4.78, 5) is 22.6. The Morgan fingerprint density at radius 3 is 3.11 bits per heavy atom. The predicted molar refractivity (Wildman–Crippen MR) is 66.4 cm³/mol. The zero-order chi connectivity index (χ0) is 13.0. The van der Waals surface area contributed by atoms with E-state index >= 15 is 0 Å². The molecule has 1 aromatic rings. The lowest BCUT2D eigenvalue weighted by molar-refractivity contribution is -0.124. The van der Waals surface area contributed by atoms with E-state index in [2.05, 4.69) is 15.7 Å². The molecule has 0 radical (unpaired) electrons. The zero-order valence-corrected chi connectivity index (χ0v) is 10.2. The van der Waals surface area contributed by atoms with Crippen LogP contribution in [0.25, 0.3) is 6.08 Å². The first-order chi connectivity index (χ1) is 8.63. The molecule has 96 valence electrons. The second-order valence-corrected chi connectivity index (χ2v) is 4.33. The molecule has 6 heteroatoms. The van der Waals surface area contributed by atoms with Gasteiger partial charge in [0.25, 0.3) is 0 Å². The maximum Gasteiger partial charge on any atom is 0.244 e. The number of aryl methyl sites for hydroxylation is 1. The van der Waals surface area contributed by atoms with Crippen molar-refractivity contribution in [1.29, 1.82) is 0 Å². The van der Waals surface area contributed by atoms with Crippen LogP contribution in [-0.4, -0.2) is 34.2 Å². The molecule has 1 saturated heterocycles. The van der Waals surface area contributed by atoms with E-state index in [1.807, 2.05) is 13.2 Å². The fourth-order valence-corrected chi connectivity index (χ4v) is 1.80. The average Bonchev–Trinajstić information content (AvgIpc) is 2.76. The van der Waals surface area contributed by atoms with Crippen LogP contribution < -0.4 is 10.6 Å². The number of hydrogen-bond acceptors (Lipinski definition) is 3. The number of nitrogens with one attached hydrogen (secondary N) is 2. The molecule has 18 heavy (non-hydrogen) atoms. The molecule has 0 aromatic carbocycles. The Hall–Kier alpha value is -2.11. The van der Waals surface area contributed by atoms with E-state index in [0.29, 0.717) is 19.4 Å². The van der Waals surface area contributed by atoms with Crippen molar-refractivity contribution >= 4 is 17.9 Å². The SMILES string of the molecule is Cn1cc(C=CC(=O)NC2CCC(=O)NC2)cn1. The predicted octanol–water partition coefficient (Wildman–Crippen LogP) is -0.172. The van der Waals surface area contributed by atoms with E-state index in [9.17, 15) is 9.59 Å². The minimum atomic E-state index is -0.153. The Kier molecular flexibility index (Phi) is 3.76. The lowest BCUT2D eigenvalue weighted by Crippen LogP contribution is -2.47. The van der Waals surface area contributed by atoms with Crippen molar-refractivity contribution in [2.24, 2.45) is 7.05 Å². The van der Waals surface area contributed by atoms with Crippen LogP contribution in [0.1, 0.15) is 18.4 Å². The standard InChI is InChI=1S/C12H16N4O2/c1-16-8-9(6-14-16)2-4-12(18)15-10-3-5-11(17)13-7-10/h2,4,6,8,10H,3,5,7H2,1H3,(H,13,17)(H,15,18). The second-order valence-electron chi connectivity index (χ2n) is 4.33. The highest BCUT2D eigenvalue weighted by atomic mass is 16.2. The molecule has 2 heterocycles. The van der Waals surface area contributed by atoms with Crippen molar-refractivity contribution in [3.8, 4) is 0 Å². The summed E-state index contributed by atoms with van der Waals surface area (Å²) in [5.41, 5.74) is 0.879. The fourth-order valence-electron chi connectivity index (χ4n) is 1.80. The van der Waals surface area contributed by atoms with Gasteiger partial charge in [-0.15, -0.1) is 0 Å². The second kappa shape index (κ2) is 5.48. The molecule has 1 atom stereocenters. The smallest absolute Gasteiger partial charge is 0.244 e. The Labute approximate surface area is 105 Å². The van der Waals surface area contributed by atoms with Gasteiger partial charge in [-0.3, -0.25) is 14.3 Å². The number of piperidine rings is 1. The van der Waals surface area contributed by atoms with E-state index in [1.165, 1.54) is 6.08 Å². The van der Waals surface area contributed by atoms with Crippen molar-refractivity contribution in [1.82, 2.24) is 20.4 Å². The third-order valence-electron chi connectivity index (χ3n) is 2.76. The highest BCUT2D eigenvalue weighted by Crippen LogP contribution is 2.03. The monoisotopic (exact) mass is 248 g/mol. The van der Waals surface area contributed by atoms with E-state index in [4.69, 9.17) is 0 Å². The van der Waals surface area contributed by atoms with Crippen LogP contribution in [-0.2, 0) is 16.6 Å². The van der Waals surface area contributed by atoms with Gasteiger partial charge < -0.3 is 10.6 Å². The van der Waals surface area contributed by atoms with Gasteiger partial charge in [-0.05, 0) is 12.5 Å². The molecular weight excluding hydrogens is 232 g/mol. The van der Waals surface area contributed by atoms with E-state index in [0.717, 1.165) is 5.56 Å². The summed E-state index contributed by atoms with van der Waals surface area (Å²) in [5, 5.41) is 9.58. The summed E-state index contributed by atoms with van der Waals surface area (Å²) < 4.78 is 1.67. The van der Waals surface area contributed by atoms with Crippen LogP contribution in [0, 0.1) is 0 Å². The number of carbonyl (C=O) groups excluding carboxylic acids is 2. The summed E-state index contributed by atoms with van der Waals surface area (Å²) in [6, 6.07) is 0.0220. The number of aromatic nitrogens is 2. The molecule has 0 aliphatic carbocycles. The highest BCUT2D eigenvalue weighted by Gasteiger charge is 2.18. The van der Waals surface area contributed by atoms with Crippen LogP contribution in [0.5, 0.6) is 0 Å². The summed E-state index contributed by atoms with van der Waals surface area (Å²) in [6.45, 7) is 0.505. The van der Waals surface area contributed by atoms with Crippen LogP contribution in [0.15, 0.2) is 18.5 Å². The minimum absolute atomic E-state index is 0.0220. The first kappa shape index (κ1) is 12.3. The summed E-state index contributed by atoms with van der Waals surface area (Å²) >= 11 is 0. The van der Waals surface area contributed by atoms with E-state index in [1.54, 1.807) is 17.0 Å². The lowest BCUT2D eigenvalue weighted by Gasteiger charge is -2.22. The van der Waals surface area contributed by atoms with E-state index in [-0.39, 0.29) is 17.9 Å². The third-order valence-corrected chi connectivity index (χ3v) is 2.76. The molecular formula is C12H16N4O2. The van der Waals surface area contributed by atoms with Gasteiger partial charge in [0.05, 0.1) is 6.20 Å². The molecule has 1 unspecified atom stereocenters. The third kappa shape index (κ3) is 3.44. The molecule has 1 aliphatic rings. The van der Waals surface area contributed by atoms with Crippen LogP contribution in [0.2, 0.25) is 0 Å². The molecule has 6 nitrogen and oxygen atoms in total. The number of amides is 2. The van der Waals surface area contributed by atoms with Gasteiger partial charge in [-0.2, -0.15) is 5.10 Å². The fraction of sp³-hybridized carbons (Fsp3) is 0.417. The molecule has 1 aliphatic heterocycles. The lowest BCUT2D eigenvalue weighted by atomic mass is 10.1. The first-order valence-electron chi connectivity index (χ1n) is 5.87. The van der Waals surface area contributed by atoms with Gasteiger partial charge in [0.2, 0.25) is 11.8 Å². The van der Waals surface area contributed by atoms with Crippen LogP contribution in [0.3, 0.4) is 0 Å². The van der Waals surface area contributed by atoms with E-state index < -0.39 is 0 Å². The van der Waals surface area contributed by atoms with Gasteiger partial charge in [0.15, 0.2) is 0 Å². The Balaban J connectivity index is 1.81. The number of hydrogen-bond donors (Lipinski definition) is 2. The van der Waals surface area contributed by atoms with Crippen molar-refractivity contribution in [3.63, 3.8) is 0 Å². The Morgan fingerprint density at radius 2 is 2.50 bits per heavy atom. The quantitative estimate of drug-likeness (QED) is 0.729. The zero-order valence-electron chi connectivity index (χ0n) is 10.2. The largest absolute Gasteiger partial charge is 0.354 e. The minimum Gasteiger partial charge on any atom is -0.354 e. The van der Waals surface area contributed by atoms with Gasteiger partial charge in [-0.1, -0.05) is 0 Å². The van der Waals surface area contributed by atoms with Crippen LogP contribution >= 0.6 is 0 Å². The van der Waals surface area contributed by atoms with Gasteiger partial charge in [-0.25, -0.2) is 0 Å². The number of carbonyl (C=O) groups is 2. The van der Waals surface area contributed by atoms with Crippen LogP contribution in [0.4, 0.5) is 0 Å². The van der Waals surface area contributed by atoms with Crippen molar-refractivity contribution in [2.75, 3.05) is 6.54 Å². The molecule has 2 rings (SSSR count). The molecule has 0 saturated carbocycles. The number of rotatable bonds is 3. The topological polar surface area (TPSA) is 76.0 Å². The highest BCUT2D eigenvalue weighted by molar-refractivity contribution is 5.92. The van der Waals surface area contributed by atoms with Gasteiger partial charge in [0.1, 0.15) is 0 Å². The van der Waals surface area contributed by atoms with Gasteiger partial charge in [0, 0.05) is 43.9 Å². The molecule has 0 bridgehead atoms. The first-order valence-corrected chi connectivity index (χ1v) is 5.87. The maximum absolute atomic E-state index is 11.6. The van der Waals surface area contributed by atoms with Gasteiger partial charge >= 0.3 is 0 Å². The average molecular weight is 248 g/mol. The summed E-state index contributed by atoms with van der Waals surface area (Å²) in [6.07, 6.45) is 7.86. The molecule has 2 N–H and O–H groups in total. The maximum atomic E-state index is 11.6. The summed E-state index contributed by atoms with van der Waals surface area (Å²) in [5.74, 6) is -0.105. The van der Waals surface area contributed by atoms with Crippen molar-refractivity contribution in [2.45, 2.75) is 18.9 Å². The van der Waals surface area contributed by atoms with Crippen molar-refractivity contribution < 1.29 is 9.59 Å². The number of nitrogens with zero attached hydrogens (tertiary/aromatic N) is 2. The normalized spacial score (nSPS) is 19.8. The molecule has 1 aromatic heterocycles. The summed E-state index contributed by atoms with van der Waals surface area (Å²) in [7, 11) is 1.82. The Morgan fingerprint density at radius 1 is 1.67 bits per heavy atom. The molecule has 0 spiro atoms. The molecule has 1 fully saturated rings. The molecule has 2 amide bonds. The Bertz CT molecular complexity index is 468.